The predicted octanol–water partition coefficient (Wildman–Crippen LogP) is -4.42. The van der Waals surface area contributed by atoms with E-state index in [9.17, 15) is 4.20 Å². The fourth-order valence-electron chi connectivity index (χ4n) is 0. The molecule has 0 radical (unpaired) electrons. The minimum atomic E-state index is -5.64. The first-order chi connectivity index (χ1) is 3.73. The monoisotopic (exact) mass is 238 g/mol. The molecular formula is CCa2FO6P. The largest absolute Gasteiger partial charge is 2.00 e. The molecule has 0 aliphatic carbocycles. The van der Waals surface area contributed by atoms with Crippen LogP contribution in [0.25, 0.3) is 0 Å². The van der Waals surface area contributed by atoms with Crippen LogP contribution in [0.4, 0.5) is 8.99 Å². The molecule has 0 bridgehead atoms. The number of carboxylic acid groups (broad SMARTS) is 2. The van der Waals surface area contributed by atoms with E-state index >= 15 is 0 Å². The minimum absolute atomic E-state index is 0. The van der Waals surface area contributed by atoms with Crippen LogP contribution in [0, 0.1) is 0 Å². The number of carbonyl (C=O) groups is 1. The molecule has 0 spiro atoms. The second-order valence-electron chi connectivity index (χ2n) is 0.681. The number of halogens is 1. The van der Waals surface area contributed by atoms with Crippen molar-refractivity contribution in [2.45, 2.75) is 0 Å². The molecule has 11 heavy (non-hydrogen) atoms. The zero-order valence-electron chi connectivity index (χ0n) is 5.19. The molecule has 0 fully saturated rings. The summed E-state index contributed by atoms with van der Waals surface area (Å²) < 4.78 is 18.6. The van der Waals surface area contributed by atoms with Crippen molar-refractivity contribution in [2.24, 2.45) is 0 Å². The summed E-state index contributed by atoms with van der Waals surface area (Å²) in [6.45, 7) is 0. The summed E-state index contributed by atoms with van der Waals surface area (Å²) >= 11 is 0. The normalized spacial score (nSPS) is 7.55. The van der Waals surface area contributed by atoms with Gasteiger partial charge in [-0.25, -0.2) is 4.20 Å². The van der Waals surface area contributed by atoms with E-state index < -0.39 is 14.1 Å². The molecule has 0 aromatic rings. The summed E-state index contributed by atoms with van der Waals surface area (Å²) in [5.74, 6) is 0. The summed E-state index contributed by atoms with van der Waals surface area (Å²) in [5.41, 5.74) is 0. The third kappa shape index (κ3) is 331. The van der Waals surface area contributed by atoms with Crippen LogP contribution in [0.3, 0.4) is 0 Å². The van der Waals surface area contributed by atoms with Gasteiger partial charge < -0.3 is 29.4 Å². The van der Waals surface area contributed by atoms with E-state index in [1.54, 1.807) is 0 Å². The molecule has 0 aliphatic rings. The van der Waals surface area contributed by atoms with Crippen molar-refractivity contribution < 1.29 is 33.6 Å². The van der Waals surface area contributed by atoms with Crippen LogP contribution in [0.5, 0.6) is 0 Å². The molecule has 0 aromatic carbocycles. The Balaban J connectivity index is -0.0000000383. The van der Waals surface area contributed by atoms with Crippen molar-refractivity contribution >= 4 is 89.5 Å². The van der Waals surface area contributed by atoms with Crippen LogP contribution < -0.4 is 20.0 Å². The van der Waals surface area contributed by atoms with Gasteiger partial charge in [0, 0.05) is 0 Å². The Labute approximate surface area is 121 Å². The van der Waals surface area contributed by atoms with Gasteiger partial charge in [-0.2, -0.15) is 0 Å². The van der Waals surface area contributed by atoms with Crippen LogP contribution >= 0.6 is 7.91 Å². The third-order valence-corrected chi connectivity index (χ3v) is 0. The fourth-order valence-corrected chi connectivity index (χ4v) is 0. The molecule has 0 heterocycles. The topological polar surface area (TPSA) is 126 Å². The van der Waals surface area contributed by atoms with Crippen molar-refractivity contribution in [3.05, 3.63) is 0 Å². The molecule has 56 valence electrons. The van der Waals surface area contributed by atoms with E-state index in [-0.39, 0.29) is 75.5 Å². The molecule has 10 heteroatoms. The maximum absolute atomic E-state index is 10.1. The summed E-state index contributed by atoms with van der Waals surface area (Å²) in [4.78, 5) is 25.2. The molecule has 0 atom stereocenters. The van der Waals surface area contributed by atoms with Crippen molar-refractivity contribution in [2.75, 3.05) is 0 Å². The van der Waals surface area contributed by atoms with Gasteiger partial charge in [-0.15, -0.1) is 0 Å². The zero-order chi connectivity index (χ0) is 8.08. The smallest absolute Gasteiger partial charge is 0.786 e. The summed E-state index contributed by atoms with van der Waals surface area (Å²) in [5, 5.41) is 16.7. The van der Waals surface area contributed by atoms with E-state index in [2.05, 4.69) is 0 Å². The molecule has 0 unspecified atom stereocenters. The third-order valence-electron chi connectivity index (χ3n) is 0. The fraction of sp³-hybridized carbons (Fsp3) is 0. The molecular weight excluding hydrogens is 238 g/mol. The Kier molecular flexibility index (Phi) is 24.9. The average molecular weight is 238 g/mol. The Morgan fingerprint density at radius 3 is 1.18 bits per heavy atom. The second kappa shape index (κ2) is 11.9. The first-order valence-corrected chi connectivity index (χ1v) is 2.76. The number of hydrogen-bond acceptors (Lipinski definition) is 6. The maximum atomic E-state index is 10.1. The average Bonchev–Trinajstić information content (AvgIpc) is 1.19. The van der Waals surface area contributed by atoms with Gasteiger partial charge in [0.2, 0.25) is 0 Å². The van der Waals surface area contributed by atoms with Gasteiger partial charge >= 0.3 is 75.5 Å². The molecule has 0 aromatic heterocycles. The van der Waals surface area contributed by atoms with Crippen molar-refractivity contribution in [1.29, 1.82) is 0 Å². The molecule has 0 rings (SSSR count). The Bertz CT molecular complexity index is 120. The summed E-state index contributed by atoms with van der Waals surface area (Å²) in [7, 11) is -5.64. The number of carbonyl (C=O) groups excluding carboxylic acids is 1. The predicted molar refractivity (Wildman–Crippen MR) is 25.6 cm³/mol. The van der Waals surface area contributed by atoms with Crippen molar-refractivity contribution in [3.8, 4) is 0 Å². The molecule has 6 nitrogen and oxygen atoms in total. The molecule has 0 saturated heterocycles. The van der Waals surface area contributed by atoms with E-state index in [1.165, 1.54) is 0 Å². The molecule has 0 N–H and O–H groups in total. The van der Waals surface area contributed by atoms with Crippen LogP contribution in [0.2, 0.25) is 0 Å². The zero-order valence-corrected chi connectivity index (χ0v) is 10.5. The second-order valence-corrected chi connectivity index (χ2v) is 1.54. The van der Waals surface area contributed by atoms with Crippen LogP contribution in [0.15, 0.2) is 0 Å². The van der Waals surface area contributed by atoms with Gasteiger partial charge in [-0.1, -0.05) is 0 Å². The maximum Gasteiger partial charge on any atom is 2.00 e. The van der Waals surface area contributed by atoms with Gasteiger partial charge in [0.1, 0.15) is 7.91 Å². The van der Waals surface area contributed by atoms with E-state index in [0.29, 0.717) is 0 Å². The van der Waals surface area contributed by atoms with E-state index in [0.717, 1.165) is 0 Å². The van der Waals surface area contributed by atoms with Gasteiger partial charge in [-0.3, -0.25) is 0 Å². The molecule has 0 amide bonds. The van der Waals surface area contributed by atoms with Gasteiger partial charge in [0.15, 0.2) is 0 Å². The van der Waals surface area contributed by atoms with Crippen molar-refractivity contribution in [1.82, 2.24) is 0 Å². The van der Waals surface area contributed by atoms with Crippen LogP contribution in [0.1, 0.15) is 0 Å². The van der Waals surface area contributed by atoms with Gasteiger partial charge in [0.05, 0.1) is 0 Å². The summed E-state index contributed by atoms with van der Waals surface area (Å²) in [6.07, 6.45) is -2.33. The Hall–Kier alpha value is 1.87. The first kappa shape index (κ1) is 23.0. The number of rotatable bonds is 0. The standard InChI is InChI=1S/CH2O3.2Ca.FH2O3P/c2-1(3)4;;;1-5(2,3)4/h(H2,2,3,4);;;(H2,2,3,4)/q;2*+2;/p-4. The first-order valence-electron chi connectivity index (χ1n) is 1.33. The number of hydrogen-bond donors (Lipinski definition) is 0. The van der Waals surface area contributed by atoms with E-state index in [1.807, 2.05) is 0 Å². The molecule has 0 aliphatic heterocycles. The summed E-state index contributed by atoms with van der Waals surface area (Å²) in [6, 6.07) is 0. The minimum Gasteiger partial charge on any atom is -0.786 e. The molecule has 0 saturated carbocycles. The quantitative estimate of drug-likeness (QED) is 0.309. The van der Waals surface area contributed by atoms with E-state index in [4.69, 9.17) is 29.4 Å². The SMILES string of the molecule is O=C([O-])[O-].O=P([O-])([O-])F.[Ca+2].[Ca+2]. The Morgan fingerprint density at radius 1 is 1.18 bits per heavy atom. The van der Waals surface area contributed by atoms with Gasteiger partial charge in [-0.05, 0) is 6.16 Å². The van der Waals surface area contributed by atoms with Crippen molar-refractivity contribution in [3.63, 3.8) is 0 Å². The van der Waals surface area contributed by atoms with Crippen LogP contribution in [-0.2, 0) is 4.57 Å². The Morgan fingerprint density at radius 2 is 1.18 bits per heavy atom. The van der Waals surface area contributed by atoms with Crippen LogP contribution in [-0.4, -0.2) is 81.6 Å². The van der Waals surface area contributed by atoms with Gasteiger partial charge in [0.25, 0.3) is 0 Å².